The van der Waals surface area contributed by atoms with Crippen LogP contribution in [-0.2, 0) is 16.8 Å². The monoisotopic (exact) mass is 464 g/mol. The second-order valence-corrected chi connectivity index (χ2v) is 9.68. The average molecular weight is 465 g/mol. The highest BCUT2D eigenvalue weighted by Gasteiger charge is 2.28. The van der Waals surface area contributed by atoms with Crippen molar-refractivity contribution in [1.29, 1.82) is 0 Å². The number of rotatable bonds is 7. The molecule has 0 aliphatic carbocycles. The Kier molecular flexibility index (Phi) is 6.70. The summed E-state index contributed by atoms with van der Waals surface area (Å²) < 4.78 is 1.77. The zero-order valence-corrected chi connectivity index (χ0v) is 20.0. The Labute approximate surface area is 198 Å². The number of imidazole rings is 1. The van der Waals surface area contributed by atoms with Crippen LogP contribution >= 0.6 is 0 Å². The molecule has 1 aromatic carbocycles. The van der Waals surface area contributed by atoms with Crippen molar-refractivity contribution in [1.82, 2.24) is 19.3 Å². The Bertz CT molecular complexity index is 1240. The first-order valence-corrected chi connectivity index (χ1v) is 11.8. The molecule has 0 spiro atoms. The van der Waals surface area contributed by atoms with E-state index in [0.717, 1.165) is 17.1 Å². The third-order valence-corrected chi connectivity index (χ3v) is 6.70. The van der Waals surface area contributed by atoms with Gasteiger partial charge >= 0.3 is 0 Å². The highest BCUT2D eigenvalue weighted by Crippen LogP contribution is 2.25. The van der Waals surface area contributed by atoms with Gasteiger partial charge < -0.3 is 15.0 Å². The lowest BCUT2D eigenvalue weighted by atomic mass is 9.87. The number of aromatic amines is 1. The lowest BCUT2D eigenvalue weighted by molar-refractivity contribution is -0.132. The summed E-state index contributed by atoms with van der Waals surface area (Å²) in [5, 5.41) is 10.1. The van der Waals surface area contributed by atoms with E-state index in [1.807, 2.05) is 18.0 Å². The summed E-state index contributed by atoms with van der Waals surface area (Å²) in [4.78, 5) is 46.6. The van der Waals surface area contributed by atoms with Gasteiger partial charge in [-0.2, -0.15) is 0 Å². The number of hydrogen-bond donors (Lipinski definition) is 2. The summed E-state index contributed by atoms with van der Waals surface area (Å²) in [6.07, 6.45) is 6.38. The maximum absolute atomic E-state index is 12.9. The van der Waals surface area contributed by atoms with Crippen molar-refractivity contribution in [2.24, 2.45) is 5.92 Å². The zero-order valence-electron chi connectivity index (χ0n) is 20.0. The van der Waals surface area contributed by atoms with Gasteiger partial charge in [0.1, 0.15) is 11.3 Å². The number of ketones is 1. The molecule has 0 saturated carbocycles. The molecule has 2 aromatic heterocycles. The van der Waals surface area contributed by atoms with Crippen LogP contribution in [0.1, 0.15) is 67.0 Å². The quantitative estimate of drug-likeness (QED) is 0.523. The zero-order chi connectivity index (χ0) is 24.5. The van der Waals surface area contributed by atoms with Gasteiger partial charge in [0.25, 0.3) is 5.56 Å². The molecule has 1 aliphatic heterocycles. The number of benzene rings is 1. The van der Waals surface area contributed by atoms with E-state index in [0.29, 0.717) is 56.3 Å². The maximum atomic E-state index is 12.9. The van der Waals surface area contributed by atoms with Gasteiger partial charge in [-0.1, -0.05) is 24.3 Å². The molecular formula is C26H32N4O4. The van der Waals surface area contributed by atoms with E-state index in [1.54, 1.807) is 48.7 Å². The summed E-state index contributed by atoms with van der Waals surface area (Å²) >= 11 is 0. The van der Waals surface area contributed by atoms with Gasteiger partial charge in [0.15, 0.2) is 5.78 Å². The molecule has 0 bridgehead atoms. The smallest absolute Gasteiger partial charge is 0.274 e. The number of amides is 1. The number of nitrogens with zero attached hydrogens (tertiary/aromatic N) is 3. The molecule has 0 unspecified atom stereocenters. The van der Waals surface area contributed by atoms with Crippen LogP contribution < -0.4 is 5.56 Å². The van der Waals surface area contributed by atoms with Crippen LogP contribution in [0, 0.1) is 12.8 Å². The van der Waals surface area contributed by atoms with Gasteiger partial charge in [-0.3, -0.25) is 18.8 Å². The number of likely N-dealkylation sites (tertiary alicyclic amines) is 1. The number of piperidine rings is 1. The van der Waals surface area contributed by atoms with Crippen LogP contribution in [0.4, 0.5) is 0 Å². The number of aliphatic hydroxyl groups is 1. The minimum absolute atomic E-state index is 0.0858. The average Bonchev–Trinajstić information content (AvgIpc) is 3.19. The second kappa shape index (κ2) is 9.54. The molecule has 3 heterocycles. The van der Waals surface area contributed by atoms with Crippen LogP contribution in [0.5, 0.6) is 0 Å². The van der Waals surface area contributed by atoms with E-state index in [1.165, 1.54) is 0 Å². The third-order valence-electron chi connectivity index (χ3n) is 6.70. The van der Waals surface area contributed by atoms with Crippen LogP contribution in [0.3, 0.4) is 0 Å². The Hall–Kier alpha value is -3.26. The fraction of sp³-hybridized carbons (Fsp3) is 0.462. The molecule has 2 N–H and O–H groups in total. The first-order valence-electron chi connectivity index (χ1n) is 11.8. The van der Waals surface area contributed by atoms with Crippen LogP contribution in [0.2, 0.25) is 0 Å². The highest BCUT2D eigenvalue weighted by atomic mass is 16.3. The topological polar surface area (TPSA) is 108 Å². The Balaban J connectivity index is 1.26. The standard InChI is InChI=1S/C26H32N4O4/c1-17-27-15-22-25(33)28-21(16-30(17)22)5-4-6-23(31)29-13-11-19(12-14-29)24(32)18-7-9-20(10-8-18)26(2,3)34/h7-10,15-16,19,34H,4-6,11-14H2,1-3H3,(H,28,33). The van der Waals surface area contributed by atoms with Gasteiger partial charge in [0.2, 0.25) is 5.91 Å². The van der Waals surface area contributed by atoms with E-state index in [9.17, 15) is 19.5 Å². The summed E-state index contributed by atoms with van der Waals surface area (Å²) in [5.41, 5.74) is 1.61. The summed E-state index contributed by atoms with van der Waals surface area (Å²) in [5.74, 6) is 0.850. The largest absolute Gasteiger partial charge is 0.386 e. The first kappa shape index (κ1) is 23.9. The number of aryl methyl sites for hydroxylation is 2. The molecule has 34 heavy (non-hydrogen) atoms. The molecule has 0 atom stereocenters. The fourth-order valence-corrected chi connectivity index (χ4v) is 4.57. The second-order valence-electron chi connectivity index (χ2n) is 9.68. The molecule has 4 rings (SSSR count). The predicted molar refractivity (Wildman–Crippen MR) is 129 cm³/mol. The minimum Gasteiger partial charge on any atom is -0.386 e. The fourth-order valence-electron chi connectivity index (χ4n) is 4.57. The van der Waals surface area contributed by atoms with Crippen molar-refractivity contribution < 1.29 is 14.7 Å². The normalized spacial score (nSPS) is 15.1. The summed E-state index contributed by atoms with van der Waals surface area (Å²) in [6.45, 7) is 6.44. The van der Waals surface area contributed by atoms with E-state index < -0.39 is 5.60 Å². The molecule has 1 saturated heterocycles. The van der Waals surface area contributed by atoms with Crippen molar-refractivity contribution in [3.8, 4) is 0 Å². The molecule has 8 heteroatoms. The molecule has 1 amide bonds. The van der Waals surface area contributed by atoms with Gasteiger partial charge in [-0.05, 0) is 52.0 Å². The van der Waals surface area contributed by atoms with Gasteiger partial charge in [0.05, 0.1) is 11.8 Å². The first-order chi connectivity index (χ1) is 16.1. The van der Waals surface area contributed by atoms with Gasteiger partial charge in [-0.15, -0.1) is 0 Å². The van der Waals surface area contributed by atoms with Gasteiger partial charge in [0, 0.05) is 42.9 Å². The number of carbonyl (C=O) groups excluding carboxylic acids is 2. The summed E-state index contributed by atoms with van der Waals surface area (Å²) in [7, 11) is 0. The van der Waals surface area contributed by atoms with Crippen molar-refractivity contribution >= 4 is 17.2 Å². The van der Waals surface area contributed by atoms with Crippen molar-refractivity contribution in [3.63, 3.8) is 0 Å². The molecule has 3 aromatic rings. The molecule has 1 fully saturated rings. The van der Waals surface area contributed by atoms with E-state index in [-0.39, 0.29) is 23.2 Å². The predicted octanol–water partition coefficient (Wildman–Crippen LogP) is 3.00. The van der Waals surface area contributed by atoms with Crippen molar-refractivity contribution in [2.75, 3.05) is 13.1 Å². The number of carbonyl (C=O) groups is 2. The number of fused-ring (bicyclic) bond motifs is 1. The van der Waals surface area contributed by atoms with Gasteiger partial charge in [-0.25, -0.2) is 4.98 Å². The number of nitrogens with one attached hydrogen (secondary N) is 1. The molecule has 0 radical (unpaired) electrons. The summed E-state index contributed by atoms with van der Waals surface area (Å²) in [6, 6.07) is 7.15. The van der Waals surface area contributed by atoms with Crippen LogP contribution in [-0.4, -0.2) is 49.2 Å². The SMILES string of the molecule is Cc1ncc2c(=O)[nH]c(CCCC(=O)N3CCC(C(=O)c4ccc(C(C)(C)O)cc4)CC3)cn12. The number of hydrogen-bond acceptors (Lipinski definition) is 5. The number of H-pyrrole nitrogens is 1. The van der Waals surface area contributed by atoms with E-state index >= 15 is 0 Å². The van der Waals surface area contributed by atoms with E-state index in [4.69, 9.17) is 0 Å². The Morgan fingerprint density at radius 2 is 1.85 bits per heavy atom. The molecule has 1 aliphatic rings. The number of aromatic nitrogens is 3. The highest BCUT2D eigenvalue weighted by molar-refractivity contribution is 5.98. The van der Waals surface area contributed by atoms with Crippen molar-refractivity contribution in [2.45, 2.75) is 58.5 Å². The minimum atomic E-state index is -0.937. The van der Waals surface area contributed by atoms with Crippen LogP contribution in [0.15, 0.2) is 41.5 Å². The Morgan fingerprint density at radius 3 is 2.50 bits per heavy atom. The third kappa shape index (κ3) is 5.12. The van der Waals surface area contributed by atoms with Crippen molar-refractivity contribution in [3.05, 3.63) is 69.7 Å². The lowest BCUT2D eigenvalue weighted by Gasteiger charge is -2.31. The molecular weight excluding hydrogens is 432 g/mol. The maximum Gasteiger partial charge on any atom is 0.274 e. The molecule has 180 valence electrons. The van der Waals surface area contributed by atoms with Crippen LogP contribution in [0.25, 0.3) is 5.52 Å². The molecule has 8 nitrogen and oxygen atoms in total. The lowest BCUT2D eigenvalue weighted by Crippen LogP contribution is -2.40. The Morgan fingerprint density at radius 1 is 1.18 bits per heavy atom. The van der Waals surface area contributed by atoms with E-state index in [2.05, 4.69) is 9.97 Å². The number of Topliss-reactive ketones (excluding diaryl/α,β-unsaturated/α-hetero) is 1.